The van der Waals surface area contributed by atoms with Gasteiger partial charge in [-0.05, 0) is 29.5 Å². The summed E-state index contributed by atoms with van der Waals surface area (Å²) < 4.78 is 0. The summed E-state index contributed by atoms with van der Waals surface area (Å²) in [6.45, 7) is 4.69. The molecule has 0 saturated carbocycles. The Bertz CT molecular complexity index is 650. The standard InChI is InChI=1S/C17H20N2O2S/c1-12(2)11-18-16(20)13-7-4-5-8-14(13)19(3)17(21)15-9-6-10-22-15/h4-10,12H,11H2,1-3H3,(H,18,20). The smallest absolute Gasteiger partial charge is 0.268 e. The van der Waals surface area contributed by atoms with Gasteiger partial charge < -0.3 is 10.2 Å². The number of amides is 2. The highest BCUT2D eigenvalue weighted by molar-refractivity contribution is 7.12. The van der Waals surface area contributed by atoms with Crippen LogP contribution in [-0.2, 0) is 0 Å². The highest BCUT2D eigenvalue weighted by Gasteiger charge is 2.20. The third-order valence-corrected chi connectivity index (χ3v) is 4.08. The maximum atomic E-state index is 12.5. The van der Waals surface area contributed by atoms with E-state index in [0.717, 1.165) is 0 Å². The minimum absolute atomic E-state index is 0.112. The van der Waals surface area contributed by atoms with E-state index in [1.807, 2.05) is 31.4 Å². The summed E-state index contributed by atoms with van der Waals surface area (Å²) in [5.74, 6) is 0.107. The number of nitrogens with one attached hydrogen (secondary N) is 1. The third-order valence-electron chi connectivity index (χ3n) is 3.22. The Morgan fingerprint density at radius 2 is 1.91 bits per heavy atom. The second-order valence-corrected chi connectivity index (χ2v) is 6.41. The van der Waals surface area contributed by atoms with Gasteiger partial charge in [0, 0.05) is 13.6 Å². The number of thiophene rings is 1. The lowest BCUT2D eigenvalue weighted by Crippen LogP contribution is -2.31. The van der Waals surface area contributed by atoms with Gasteiger partial charge >= 0.3 is 0 Å². The number of para-hydroxylation sites is 1. The number of carbonyl (C=O) groups excluding carboxylic acids is 2. The van der Waals surface area contributed by atoms with Gasteiger partial charge in [-0.3, -0.25) is 9.59 Å². The zero-order chi connectivity index (χ0) is 16.1. The molecule has 0 bridgehead atoms. The average molecular weight is 316 g/mol. The highest BCUT2D eigenvalue weighted by Crippen LogP contribution is 2.22. The molecule has 1 N–H and O–H groups in total. The van der Waals surface area contributed by atoms with E-state index >= 15 is 0 Å². The molecule has 1 aromatic carbocycles. The number of hydrogen-bond donors (Lipinski definition) is 1. The predicted octanol–water partition coefficient (Wildman–Crippen LogP) is 3.41. The SMILES string of the molecule is CC(C)CNC(=O)c1ccccc1N(C)C(=O)c1cccs1. The van der Waals surface area contributed by atoms with E-state index in [0.29, 0.717) is 28.6 Å². The van der Waals surface area contributed by atoms with Crippen molar-refractivity contribution in [2.45, 2.75) is 13.8 Å². The lowest BCUT2D eigenvalue weighted by atomic mass is 10.1. The molecule has 0 fully saturated rings. The number of anilines is 1. The Morgan fingerprint density at radius 1 is 1.18 bits per heavy atom. The van der Waals surface area contributed by atoms with Crippen LogP contribution in [0.2, 0.25) is 0 Å². The molecule has 0 aliphatic heterocycles. The summed E-state index contributed by atoms with van der Waals surface area (Å²) in [4.78, 5) is 27.0. The fourth-order valence-electron chi connectivity index (χ4n) is 2.03. The van der Waals surface area contributed by atoms with Crippen LogP contribution in [0.4, 0.5) is 5.69 Å². The van der Waals surface area contributed by atoms with Crippen molar-refractivity contribution in [2.75, 3.05) is 18.5 Å². The van der Waals surface area contributed by atoms with E-state index in [1.54, 1.807) is 31.3 Å². The number of rotatable bonds is 5. The molecule has 0 aliphatic rings. The molecule has 0 aliphatic carbocycles. The van der Waals surface area contributed by atoms with Gasteiger partial charge in [0.05, 0.1) is 16.1 Å². The Hall–Kier alpha value is -2.14. The fourth-order valence-corrected chi connectivity index (χ4v) is 2.72. The molecule has 2 amide bonds. The molecule has 0 spiro atoms. The van der Waals surface area contributed by atoms with Crippen LogP contribution < -0.4 is 10.2 Å². The van der Waals surface area contributed by atoms with Gasteiger partial charge in [-0.1, -0.05) is 32.0 Å². The van der Waals surface area contributed by atoms with Gasteiger partial charge in [0.2, 0.25) is 0 Å². The van der Waals surface area contributed by atoms with E-state index < -0.39 is 0 Å². The zero-order valence-electron chi connectivity index (χ0n) is 13.0. The average Bonchev–Trinajstić information content (AvgIpc) is 3.05. The Kier molecular flexibility index (Phi) is 5.33. The lowest BCUT2D eigenvalue weighted by molar-refractivity contribution is 0.0949. The summed E-state index contributed by atoms with van der Waals surface area (Å²) in [7, 11) is 1.69. The summed E-state index contributed by atoms with van der Waals surface area (Å²) in [5, 5.41) is 4.76. The zero-order valence-corrected chi connectivity index (χ0v) is 13.8. The van der Waals surface area contributed by atoms with Crippen molar-refractivity contribution < 1.29 is 9.59 Å². The second kappa shape index (κ2) is 7.22. The topological polar surface area (TPSA) is 49.4 Å². The van der Waals surface area contributed by atoms with E-state index in [4.69, 9.17) is 0 Å². The monoisotopic (exact) mass is 316 g/mol. The first-order chi connectivity index (χ1) is 10.5. The highest BCUT2D eigenvalue weighted by atomic mass is 32.1. The maximum Gasteiger partial charge on any atom is 0.268 e. The molecule has 0 saturated heterocycles. The molecule has 0 unspecified atom stereocenters. The van der Waals surface area contributed by atoms with Crippen LogP contribution in [0.15, 0.2) is 41.8 Å². The van der Waals surface area contributed by atoms with Crippen LogP contribution in [0.25, 0.3) is 0 Å². The first-order valence-electron chi connectivity index (χ1n) is 7.19. The minimum Gasteiger partial charge on any atom is -0.352 e. The van der Waals surface area contributed by atoms with Crippen molar-refractivity contribution in [3.8, 4) is 0 Å². The molecule has 1 aromatic heterocycles. The molecule has 0 atom stereocenters. The van der Waals surface area contributed by atoms with Crippen molar-refractivity contribution in [3.05, 3.63) is 52.2 Å². The Balaban J connectivity index is 2.24. The van der Waals surface area contributed by atoms with Crippen LogP contribution in [0, 0.1) is 5.92 Å². The quantitative estimate of drug-likeness (QED) is 0.919. The molecular formula is C17H20N2O2S. The molecule has 1 heterocycles. The Morgan fingerprint density at radius 3 is 2.55 bits per heavy atom. The number of hydrogen-bond acceptors (Lipinski definition) is 3. The van der Waals surface area contributed by atoms with Crippen molar-refractivity contribution in [2.24, 2.45) is 5.92 Å². The second-order valence-electron chi connectivity index (χ2n) is 5.46. The van der Waals surface area contributed by atoms with E-state index in [-0.39, 0.29) is 11.8 Å². The lowest BCUT2D eigenvalue weighted by Gasteiger charge is -2.20. The van der Waals surface area contributed by atoms with Gasteiger partial charge in [-0.2, -0.15) is 0 Å². The van der Waals surface area contributed by atoms with E-state index in [2.05, 4.69) is 5.32 Å². The Labute approximate surface area is 134 Å². The molecular weight excluding hydrogens is 296 g/mol. The maximum absolute atomic E-state index is 12.5. The van der Waals surface area contributed by atoms with Crippen LogP contribution in [-0.4, -0.2) is 25.4 Å². The van der Waals surface area contributed by atoms with Crippen molar-refractivity contribution in [1.29, 1.82) is 0 Å². The molecule has 22 heavy (non-hydrogen) atoms. The van der Waals surface area contributed by atoms with Crippen LogP contribution in [0.1, 0.15) is 33.9 Å². The molecule has 5 heteroatoms. The number of nitrogens with zero attached hydrogens (tertiary/aromatic N) is 1. The van der Waals surface area contributed by atoms with Crippen LogP contribution in [0.5, 0.6) is 0 Å². The van der Waals surface area contributed by atoms with Gasteiger partial charge in [0.25, 0.3) is 11.8 Å². The van der Waals surface area contributed by atoms with E-state index in [1.165, 1.54) is 16.2 Å². The van der Waals surface area contributed by atoms with Crippen molar-refractivity contribution >= 4 is 28.8 Å². The minimum atomic E-state index is -0.157. The summed E-state index contributed by atoms with van der Waals surface area (Å²) >= 11 is 1.39. The first kappa shape index (κ1) is 16.2. The summed E-state index contributed by atoms with van der Waals surface area (Å²) in [6, 6.07) is 10.8. The summed E-state index contributed by atoms with van der Waals surface area (Å²) in [6.07, 6.45) is 0. The van der Waals surface area contributed by atoms with Gasteiger partial charge in [-0.25, -0.2) is 0 Å². The van der Waals surface area contributed by atoms with E-state index in [9.17, 15) is 9.59 Å². The third kappa shape index (κ3) is 3.74. The van der Waals surface area contributed by atoms with Crippen LogP contribution >= 0.6 is 11.3 Å². The fraction of sp³-hybridized carbons (Fsp3) is 0.294. The van der Waals surface area contributed by atoms with Gasteiger partial charge in [0.1, 0.15) is 0 Å². The molecule has 4 nitrogen and oxygen atoms in total. The van der Waals surface area contributed by atoms with Gasteiger partial charge in [0.15, 0.2) is 0 Å². The number of carbonyl (C=O) groups is 2. The molecule has 2 aromatic rings. The number of benzene rings is 1. The molecule has 116 valence electrons. The molecule has 0 radical (unpaired) electrons. The largest absolute Gasteiger partial charge is 0.352 e. The first-order valence-corrected chi connectivity index (χ1v) is 8.07. The van der Waals surface area contributed by atoms with Crippen molar-refractivity contribution in [1.82, 2.24) is 5.32 Å². The van der Waals surface area contributed by atoms with Crippen molar-refractivity contribution in [3.63, 3.8) is 0 Å². The molecule has 2 rings (SSSR count). The van der Waals surface area contributed by atoms with Gasteiger partial charge in [-0.15, -0.1) is 11.3 Å². The van der Waals surface area contributed by atoms with Crippen LogP contribution in [0.3, 0.4) is 0 Å². The summed E-state index contributed by atoms with van der Waals surface area (Å²) in [5.41, 5.74) is 1.12. The normalized spacial score (nSPS) is 10.5. The predicted molar refractivity (Wildman–Crippen MR) is 90.7 cm³/mol.